The van der Waals surface area contributed by atoms with Gasteiger partial charge in [0.15, 0.2) is 5.13 Å². The van der Waals surface area contributed by atoms with Crippen LogP contribution in [0.25, 0.3) is 0 Å². The summed E-state index contributed by atoms with van der Waals surface area (Å²) < 4.78 is 14.9. The van der Waals surface area contributed by atoms with Gasteiger partial charge in [-0.2, -0.15) is 0 Å². The Morgan fingerprint density at radius 1 is 1.40 bits per heavy atom. The van der Waals surface area contributed by atoms with E-state index >= 15 is 0 Å². The number of rotatable bonds is 2. The topological polar surface area (TPSA) is 42.1 Å². The third kappa shape index (κ3) is 3.14. The van der Waals surface area contributed by atoms with Gasteiger partial charge in [0.1, 0.15) is 5.82 Å². The maximum absolute atomic E-state index is 13.9. The SMILES string of the molecule is Cl.Nc1ncc(CN2CCc3c(Br)ccc(F)c3C2)s1. The van der Waals surface area contributed by atoms with Crippen molar-refractivity contribution < 1.29 is 4.39 Å². The highest BCUT2D eigenvalue weighted by Gasteiger charge is 2.21. The zero-order valence-corrected chi connectivity index (χ0v) is 13.8. The molecule has 7 heteroatoms. The van der Waals surface area contributed by atoms with E-state index in [9.17, 15) is 4.39 Å². The van der Waals surface area contributed by atoms with E-state index < -0.39 is 0 Å². The minimum absolute atomic E-state index is 0. The highest BCUT2D eigenvalue weighted by Crippen LogP contribution is 2.29. The van der Waals surface area contributed by atoms with Crippen molar-refractivity contribution in [1.29, 1.82) is 0 Å². The molecule has 2 N–H and O–H groups in total. The molecule has 2 heterocycles. The molecule has 108 valence electrons. The lowest BCUT2D eigenvalue weighted by Gasteiger charge is -2.29. The second kappa shape index (κ2) is 6.39. The van der Waals surface area contributed by atoms with Crippen LogP contribution in [0.5, 0.6) is 0 Å². The first kappa shape index (κ1) is 15.7. The number of hydrogen-bond acceptors (Lipinski definition) is 4. The number of nitrogen functional groups attached to an aromatic ring is 1. The maximum Gasteiger partial charge on any atom is 0.180 e. The van der Waals surface area contributed by atoms with Gasteiger partial charge in [-0.1, -0.05) is 15.9 Å². The summed E-state index contributed by atoms with van der Waals surface area (Å²) in [6.45, 7) is 2.34. The van der Waals surface area contributed by atoms with Gasteiger partial charge in [0.2, 0.25) is 0 Å². The lowest BCUT2D eigenvalue weighted by atomic mass is 9.99. The van der Waals surface area contributed by atoms with E-state index in [1.807, 2.05) is 0 Å². The predicted octanol–water partition coefficient (Wildman–Crippen LogP) is 3.61. The first-order valence-corrected chi connectivity index (χ1v) is 7.62. The molecule has 1 aliphatic heterocycles. The molecule has 3 nitrogen and oxygen atoms in total. The molecule has 3 rings (SSSR count). The standard InChI is InChI=1S/C13H13BrFN3S.ClH/c14-11-1-2-12(15)10-7-18(4-3-9(10)11)6-8-5-17-13(16)19-8;/h1-2,5H,3-4,6-7H2,(H2,16,17);1H. The Balaban J connectivity index is 0.00000147. The van der Waals surface area contributed by atoms with Crippen LogP contribution in [0.15, 0.2) is 22.8 Å². The fraction of sp³-hybridized carbons (Fsp3) is 0.308. The molecule has 1 aromatic heterocycles. The Hall–Kier alpha value is -0.690. The van der Waals surface area contributed by atoms with Gasteiger partial charge < -0.3 is 5.73 Å². The molecule has 1 aromatic carbocycles. The van der Waals surface area contributed by atoms with E-state index in [2.05, 4.69) is 25.8 Å². The Kier molecular flexibility index (Phi) is 5.01. The summed E-state index contributed by atoms with van der Waals surface area (Å²) in [5.41, 5.74) is 7.53. The number of nitrogens with two attached hydrogens (primary N) is 1. The lowest BCUT2D eigenvalue weighted by molar-refractivity contribution is 0.242. The van der Waals surface area contributed by atoms with Crippen molar-refractivity contribution in [3.8, 4) is 0 Å². The summed E-state index contributed by atoms with van der Waals surface area (Å²) in [5.74, 6) is -0.119. The summed E-state index contributed by atoms with van der Waals surface area (Å²) in [6.07, 6.45) is 2.66. The van der Waals surface area contributed by atoms with Crippen LogP contribution < -0.4 is 5.73 Å². The number of thiazole rings is 1. The average Bonchev–Trinajstić information content (AvgIpc) is 2.80. The molecule has 0 atom stereocenters. The van der Waals surface area contributed by atoms with E-state index in [-0.39, 0.29) is 18.2 Å². The lowest BCUT2D eigenvalue weighted by Crippen LogP contribution is -2.30. The summed E-state index contributed by atoms with van der Waals surface area (Å²) in [7, 11) is 0. The molecule has 2 aromatic rings. The number of nitrogens with zero attached hydrogens (tertiary/aromatic N) is 2. The minimum Gasteiger partial charge on any atom is -0.375 e. The third-order valence-electron chi connectivity index (χ3n) is 3.33. The van der Waals surface area contributed by atoms with Crippen molar-refractivity contribution in [2.24, 2.45) is 0 Å². The first-order chi connectivity index (χ1) is 9.13. The Bertz CT molecular complexity index is 620. The second-order valence-corrected chi connectivity index (χ2v) is 6.61. The van der Waals surface area contributed by atoms with Gasteiger partial charge in [-0.25, -0.2) is 9.37 Å². The van der Waals surface area contributed by atoms with Gasteiger partial charge in [0, 0.05) is 40.7 Å². The van der Waals surface area contributed by atoms with Crippen LogP contribution in [-0.2, 0) is 19.5 Å². The van der Waals surface area contributed by atoms with E-state index in [0.29, 0.717) is 11.7 Å². The normalized spacial score (nSPS) is 14.7. The van der Waals surface area contributed by atoms with Gasteiger partial charge in [0.25, 0.3) is 0 Å². The Morgan fingerprint density at radius 2 is 2.20 bits per heavy atom. The molecule has 0 amide bonds. The number of halogens is 3. The molecule has 1 aliphatic rings. The summed E-state index contributed by atoms with van der Waals surface area (Å²) in [5, 5.41) is 0.585. The molecule has 0 unspecified atom stereocenters. The van der Waals surface area contributed by atoms with Crippen LogP contribution in [0, 0.1) is 5.82 Å². The number of hydrogen-bond donors (Lipinski definition) is 1. The van der Waals surface area contributed by atoms with Crippen molar-refractivity contribution >= 4 is 44.8 Å². The van der Waals surface area contributed by atoms with Crippen LogP contribution in [-0.4, -0.2) is 16.4 Å². The Morgan fingerprint density at radius 3 is 2.90 bits per heavy atom. The Labute approximate surface area is 135 Å². The molecule has 0 spiro atoms. The molecular weight excluding hydrogens is 365 g/mol. The number of anilines is 1. The molecule has 0 radical (unpaired) electrons. The fourth-order valence-electron chi connectivity index (χ4n) is 2.40. The first-order valence-electron chi connectivity index (χ1n) is 6.02. The smallest absolute Gasteiger partial charge is 0.180 e. The predicted molar refractivity (Wildman–Crippen MR) is 85.7 cm³/mol. The van der Waals surface area contributed by atoms with Crippen molar-refractivity contribution in [3.63, 3.8) is 0 Å². The van der Waals surface area contributed by atoms with E-state index in [4.69, 9.17) is 5.73 Å². The monoisotopic (exact) mass is 377 g/mol. The quantitative estimate of drug-likeness (QED) is 0.868. The van der Waals surface area contributed by atoms with Crippen molar-refractivity contribution in [1.82, 2.24) is 9.88 Å². The summed E-state index contributed by atoms with van der Waals surface area (Å²) in [6, 6.07) is 3.31. The van der Waals surface area contributed by atoms with Gasteiger partial charge in [-0.3, -0.25) is 4.90 Å². The van der Waals surface area contributed by atoms with Gasteiger partial charge >= 0.3 is 0 Å². The van der Waals surface area contributed by atoms with Crippen molar-refractivity contribution in [2.45, 2.75) is 19.5 Å². The largest absolute Gasteiger partial charge is 0.375 e. The molecule has 20 heavy (non-hydrogen) atoms. The highest BCUT2D eigenvalue weighted by molar-refractivity contribution is 9.10. The second-order valence-electron chi connectivity index (χ2n) is 4.61. The molecule has 0 aliphatic carbocycles. The summed E-state index contributed by atoms with van der Waals surface area (Å²) >= 11 is 4.99. The fourth-order valence-corrected chi connectivity index (χ4v) is 3.70. The van der Waals surface area contributed by atoms with Crippen LogP contribution in [0.1, 0.15) is 16.0 Å². The van der Waals surface area contributed by atoms with E-state index in [1.165, 1.54) is 17.4 Å². The van der Waals surface area contributed by atoms with Crippen LogP contribution in [0.4, 0.5) is 9.52 Å². The van der Waals surface area contributed by atoms with Crippen molar-refractivity contribution in [3.05, 3.63) is 44.6 Å². The minimum atomic E-state index is -0.119. The van der Waals surface area contributed by atoms with Gasteiger partial charge in [0.05, 0.1) is 0 Å². The zero-order chi connectivity index (χ0) is 13.4. The van der Waals surface area contributed by atoms with Crippen molar-refractivity contribution in [2.75, 3.05) is 12.3 Å². The van der Waals surface area contributed by atoms with Crippen LogP contribution in [0.3, 0.4) is 0 Å². The van der Waals surface area contributed by atoms with E-state index in [1.54, 1.807) is 12.3 Å². The van der Waals surface area contributed by atoms with E-state index in [0.717, 1.165) is 40.0 Å². The molecular formula is C13H14BrClFN3S. The highest BCUT2D eigenvalue weighted by atomic mass is 79.9. The number of aromatic nitrogens is 1. The maximum atomic E-state index is 13.9. The molecule has 0 fully saturated rings. The third-order valence-corrected chi connectivity index (χ3v) is 4.88. The molecule has 0 bridgehead atoms. The van der Waals surface area contributed by atoms with Crippen LogP contribution >= 0.6 is 39.7 Å². The molecule has 0 saturated carbocycles. The van der Waals surface area contributed by atoms with Crippen LogP contribution in [0.2, 0.25) is 0 Å². The van der Waals surface area contributed by atoms with Gasteiger partial charge in [-0.05, 0) is 24.1 Å². The number of fused-ring (bicyclic) bond motifs is 1. The molecule has 0 saturated heterocycles. The summed E-state index contributed by atoms with van der Waals surface area (Å²) in [4.78, 5) is 7.39. The van der Waals surface area contributed by atoms with Gasteiger partial charge in [-0.15, -0.1) is 23.7 Å². The average molecular weight is 379 g/mol. The number of benzene rings is 1. The zero-order valence-electron chi connectivity index (χ0n) is 10.6.